The van der Waals surface area contributed by atoms with E-state index in [2.05, 4.69) is 29.3 Å². The Balaban J connectivity index is 1.97. The predicted molar refractivity (Wildman–Crippen MR) is 67.3 cm³/mol. The summed E-state index contributed by atoms with van der Waals surface area (Å²) in [5.74, 6) is 0.922. The third kappa shape index (κ3) is 2.47. The monoisotopic (exact) mass is 220 g/mol. The molecule has 0 amide bonds. The van der Waals surface area contributed by atoms with E-state index in [9.17, 15) is 0 Å². The van der Waals surface area contributed by atoms with Crippen LogP contribution >= 0.6 is 0 Å². The number of nitrogens with one attached hydrogen (secondary N) is 1. The van der Waals surface area contributed by atoms with Crippen LogP contribution in [0.15, 0.2) is 24.3 Å². The van der Waals surface area contributed by atoms with E-state index >= 15 is 0 Å². The SMILES string of the molecule is CCNC1CCN(c2ccc(OC)cc2)C1. The minimum atomic E-state index is 0.645. The van der Waals surface area contributed by atoms with Crippen molar-refractivity contribution in [3.8, 4) is 5.75 Å². The van der Waals surface area contributed by atoms with Gasteiger partial charge in [-0.3, -0.25) is 0 Å². The molecular weight excluding hydrogens is 200 g/mol. The lowest BCUT2D eigenvalue weighted by Crippen LogP contribution is -2.32. The van der Waals surface area contributed by atoms with E-state index in [-0.39, 0.29) is 0 Å². The van der Waals surface area contributed by atoms with Gasteiger partial charge in [-0.1, -0.05) is 6.92 Å². The molecule has 0 saturated carbocycles. The predicted octanol–water partition coefficient (Wildman–Crippen LogP) is 1.88. The summed E-state index contributed by atoms with van der Waals surface area (Å²) in [6.07, 6.45) is 1.24. The van der Waals surface area contributed by atoms with Gasteiger partial charge in [0.05, 0.1) is 7.11 Å². The van der Waals surface area contributed by atoms with E-state index in [1.54, 1.807) is 7.11 Å². The highest BCUT2D eigenvalue weighted by Crippen LogP contribution is 2.22. The molecule has 1 aromatic rings. The molecule has 1 aromatic carbocycles. The molecule has 1 atom stereocenters. The van der Waals surface area contributed by atoms with Gasteiger partial charge in [0.2, 0.25) is 0 Å². The molecule has 2 rings (SSSR count). The van der Waals surface area contributed by atoms with Crippen LogP contribution in [0.4, 0.5) is 5.69 Å². The van der Waals surface area contributed by atoms with Gasteiger partial charge < -0.3 is 15.0 Å². The van der Waals surface area contributed by atoms with Crippen molar-refractivity contribution in [1.82, 2.24) is 5.32 Å². The van der Waals surface area contributed by atoms with Crippen LogP contribution in [0.5, 0.6) is 5.75 Å². The molecule has 3 nitrogen and oxygen atoms in total. The number of ether oxygens (including phenoxy) is 1. The van der Waals surface area contributed by atoms with E-state index in [0.717, 1.165) is 25.4 Å². The Labute approximate surface area is 97.4 Å². The van der Waals surface area contributed by atoms with E-state index in [1.807, 2.05) is 12.1 Å². The highest BCUT2D eigenvalue weighted by atomic mass is 16.5. The highest BCUT2D eigenvalue weighted by Gasteiger charge is 2.21. The van der Waals surface area contributed by atoms with E-state index < -0.39 is 0 Å². The average Bonchev–Trinajstić information content (AvgIpc) is 2.78. The van der Waals surface area contributed by atoms with Crippen LogP contribution in [-0.4, -0.2) is 32.8 Å². The second-order valence-corrected chi connectivity index (χ2v) is 4.19. The summed E-state index contributed by atoms with van der Waals surface area (Å²) < 4.78 is 5.16. The molecule has 88 valence electrons. The molecular formula is C13H20N2O. The summed E-state index contributed by atoms with van der Waals surface area (Å²) in [6, 6.07) is 8.96. The Kier molecular flexibility index (Phi) is 3.67. The molecule has 1 heterocycles. The Bertz CT molecular complexity index is 323. The lowest BCUT2D eigenvalue weighted by molar-refractivity contribution is 0.415. The number of hydrogen-bond donors (Lipinski definition) is 1. The standard InChI is InChI=1S/C13H20N2O/c1-3-14-11-8-9-15(10-11)12-4-6-13(16-2)7-5-12/h4-7,11,14H,3,8-10H2,1-2H3. The average molecular weight is 220 g/mol. The zero-order valence-corrected chi connectivity index (χ0v) is 10.1. The lowest BCUT2D eigenvalue weighted by atomic mass is 10.2. The van der Waals surface area contributed by atoms with Crippen molar-refractivity contribution in [2.75, 3.05) is 31.6 Å². The van der Waals surface area contributed by atoms with Crippen LogP contribution in [0.1, 0.15) is 13.3 Å². The lowest BCUT2D eigenvalue weighted by Gasteiger charge is -2.19. The molecule has 0 aliphatic carbocycles. The van der Waals surface area contributed by atoms with Gasteiger partial charge in [0.1, 0.15) is 5.75 Å². The molecule has 1 saturated heterocycles. The largest absolute Gasteiger partial charge is 0.497 e. The van der Waals surface area contributed by atoms with Crippen molar-refractivity contribution < 1.29 is 4.74 Å². The van der Waals surface area contributed by atoms with Crippen LogP contribution in [0.2, 0.25) is 0 Å². The molecule has 1 aliphatic rings. The second-order valence-electron chi connectivity index (χ2n) is 4.19. The fraction of sp³-hybridized carbons (Fsp3) is 0.538. The van der Waals surface area contributed by atoms with Gasteiger partial charge >= 0.3 is 0 Å². The Hall–Kier alpha value is -1.22. The van der Waals surface area contributed by atoms with Gasteiger partial charge in [-0.2, -0.15) is 0 Å². The molecule has 0 spiro atoms. The van der Waals surface area contributed by atoms with Gasteiger partial charge in [-0.15, -0.1) is 0 Å². The molecule has 1 N–H and O–H groups in total. The molecule has 16 heavy (non-hydrogen) atoms. The zero-order chi connectivity index (χ0) is 11.4. The van der Waals surface area contributed by atoms with Gasteiger partial charge in [0, 0.05) is 24.8 Å². The Morgan fingerprint density at radius 1 is 1.38 bits per heavy atom. The summed E-state index contributed by atoms with van der Waals surface area (Å²) in [6.45, 7) is 5.47. The van der Waals surface area contributed by atoms with Crippen molar-refractivity contribution >= 4 is 5.69 Å². The smallest absolute Gasteiger partial charge is 0.119 e. The quantitative estimate of drug-likeness (QED) is 0.838. The number of likely N-dealkylation sites (N-methyl/N-ethyl adjacent to an activating group) is 1. The van der Waals surface area contributed by atoms with E-state index in [1.165, 1.54) is 12.1 Å². The van der Waals surface area contributed by atoms with Crippen LogP contribution in [-0.2, 0) is 0 Å². The maximum atomic E-state index is 5.16. The maximum absolute atomic E-state index is 5.16. The summed E-state index contributed by atoms with van der Waals surface area (Å²) in [7, 11) is 1.70. The molecule has 1 fully saturated rings. The van der Waals surface area contributed by atoms with E-state index in [0.29, 0.717) is 6.04 Å². The number of methoxy groups -OCH3 is 1. The minimum Gasteiger partial charge on any atom is -0.497 e. The highest BCUT2D eigenvalue weighted by molar-refractivity contribution is 5.50. The second kappa shape index (κ2) is 5.21. The normalized spacial score (nSPS) is 20.1. The number of anilines is 1. The van der Waals surface area contributed by atoms with Crippen molar-refractivity contribution in [1.29, 1.82) is 0 Å². The van der Waals surface area contributed by atoms with Crippen LogP contribution in [0, 0.1) is 0 Å². The van der Waals surface area contributed by atoms with Gasteiger partial charge in [-0.05, 0) is 37.2 Å². The minimum absolute atomic E-state index is 0.645. The number of benzene rings is 1. The van der Waals surface area contributed by atoms with Crippen LogP contribution in [0.25, 0.3) is 0 Å². The summed E-state index contributed by atoms with van der Waals surface area (Å²) >= 11 is 0. The number of nitrogens with zero attached hydrogens (tertiary/aromatic N) is 1. The maximum Gasteiger partial charge on any atom is 0.119 e. The zero-order valence-electron chi connectivity index (χ0n) is 10.1. The third-order valence-electron chi connectivity index (χ3n) is 3.12. The molecule has 0 aromatic heterocycles. The number of hydrogen-bond acceptors (Lipinski definition) is 3. The molecule has 0 bridgehead atoms. The summed E-state index contributed by atoms with van der Waals surface area (Å²) in [4.78, 5) is 2.42. The molecule has 0 radical (unpaired) electrons. The molecule has 1 aliphatic heterocycles. The number of rotatable bonds is 4. The third-order valence-corrected chi connectivity index (χ3v) is 3.12. The Morgan fingerprint density at radius 2 is 2.12 bits per heavy atom. The molecule has 1 unspecified atom stereocenters. The van der Waals surface area contributed by atoms with Gasteiger partial charge in [0.15, 0.2) is 0 Å². The van der Waals surface area contributed by atoms with Crippen molar-refractivity contribution in [2.24, 2.45) is 0 Å². The fourth-order valence-corrected chi connectivity index (χ4v) is 2.24. The Morgan fingerprint density at radius 3 is 2.75 bits per heavy atom. The van der Waals surface area contributed by atoms with Gasteiger partial charge in [-0.25, -0.2) is 0 Å². The first-order valence-corrected chi connectivity index (χ1v) is 5.96. The summed E-state index contributed by atoms with van der Waals surface area (Å²) in [5.41, 5.74) is 1.29. The van der Waals surface area contributed by atoms with Gasteiger partial charge in [0.25, 0.3) is 0 Å². The summed E-state index contributed by atoms with van der Waals surface area (Å²) in [5, 5.41) is 3.50. The van der Waals surface area contributed by atoms with Crippen molar-refractivity contribution in [3.63, 3.8) is 0 Å². The van der Waals surface area contributed by atoms with Crippen LogP contribution in [0.3, 0.4) is 0 Å². The van der Waals surface area contributed by atoms with Crippen LogP contribution < -0.4 is 15.0 Å². The first-order chi connectivity index (χ1) is 7.83. The van der Waals surface area contributed by atoms with E-state index in [4.69, 9.17) is 4.74 Å². The fourth-order valence-electron chi connectivity index (χ4n) is 2.24. The first-order valence-electron chi connectivity index (χ1n) is 5.96. The topological polar surface area (TPSA) is 24.5 Å². The van der Waals surface area contributed by atoms with Crippen molar-refractivity contribution in [3.05, 3.63) is 24.3 Å². The van der Waals surface area contributed by atoms with Crippen molar-refractivity contribution in [2.45, 2.75) is 19.4 Å². The molecule has 3 heteroatoms. The first kappa shape index (κ1) is 11.3.